The van der Waals surface area contributed by atoms with Gasteiger partial charge in [0.25, 0.3) is 0 Å². The molecule has 0 spiro atoms. The predicted molar refractivity (Wildman–Crippen MR) is 52.9 cm³/mol. The van der Waals surface area contributed by atoms with Crippen LogP contribution in [0.1, 0.15) is 5.56 Å². The van der Waals surface area contributed by atoms with Crippen LogP contribution in [0.3, 0.4) is 0 Å². The molecule has 0 atom stereocenters. The third kappa shape index (κ3) is 2.25. The Bertz CT molecular complexity index is 399. The molecule has 0 fully saturated rings. The zero-order valence-corrected chi connectivity index (χ0v) is 8.71. The van der Waals surface area contributed by atoms with Gasteiger partial charge in [-0.25, -0.2) is 0 Å². The molecule has 3 nitrogen and oxygen atoms in total. The summed E-state index contributed by atoms with van der Waals surface area (Å²) in [6.07, 6.45) is 0.468. The highest BCUT2D eigenvalue weighted by Crippen LogP contribution is 2.22. The molecule has 66 valence electrons. The number of nitrogens with zero attached hydrogens (tertiary/aromatic N) is 2. The molecule has 5 heteroatoms. The number of hydrogen-bond donors (Lipinski definition) is 0. The molecule has 0 bridgehead atoms. The SMILES string of the molecule is [N-]=[N+]=C(C=O)c1ccc(Cl)c(Br)c1. The smallest absolute Gasteiger partial charge is 0.361 e. The Labute approximate surface area is 88.1 Å². The van der Waals surface area contributed by atoms with E-state index in [1.807, 2.05) is 0 Å². The minimum atomic E-state index is -0.0302. The van der Waals surface area contributed by atoms with Crippen LogP contribution >= 0.6 is 27.5 Å². The van der Waals surface area contributed by atoms with Crippen molar-refractivity contribution < 1.29 is 9.58 Å². The first kappa shape index (κ1) is 10.1. The van der Waals surface area contributed by atoms with Gasteiger partial charge in [0.2, 0.25) is 6.29 Å². The molecule has 0 radical (unpaired) electrons. The first-order chi connectivity index (χ1) is 6.19. The van der Waals surface area contributed by atoms with E-state index in [1.54, 1.807) is 18.2 Å². The fraction of sp³-hybridized carbons (Fsp3) is 0. The highest BCUT2D eigenvalue weighted by atomic mass is 79.9. The van der Waals surface area contributed by atoms with Crippen molar-refractivity contribution in [2.24, 2.45) is 0 Å². The Morgan fingerprint density at radius 2 is 2.31 bits per heavy atom. The van der Waals surface area contributed by atoms with Crippen molar-refractivity contribution in [1.29, 1.82) is 0 Å². The number of rotatable bonds is 2. The largest absolute Gasteiger partial charge is 0.361 e. The number of benzene rings is 1. The van der Waals surface area contributed by atoms with Crippen molar-refractivity contribution >= 4 is 39.5 Å². The monoisotopic (exact) mass is 258 g/mol. The van der Waals surface area contributed by atoms with Gasteiger partial charge < -0.3 is 5.53 Å². The van der Waals surface area contributed by atoms with E-state index >= 15 is 0 Å². The van der Waals surface area contributed by atoms with Gasteiger partial charge in [-0.3, -0.25) is 4.79 Å². The van der Waals surface area contributed by atoms with E-state index in [-0.39, 0.29) is 5.71 Å². The number of carbonyl (C=O) groups excluding carboxylic acids is 1. The van der Waals surface area contributed by atoms with Gasteiger partial charge in [0.05, 0.1) is 10.6 Å². The lowest BCUT2D eigenvalue weighted by Crippen LogP contribution is -2.02. The molecule has 1 aromatic carbocycles. The maximum absolute atomic E-state index is 10.4. The minimum absolute atomic E-state index is 0.0302. The summed E-state index contributed by atoms with van der Waals surface area (Å²) in [5.41, 5.74) is 8.93. The van der Waals surface area contributed by atoms with Crippen LogP contribution in [0.25, 0.3) is 5.53 Å². The van der Waals surface area contributed by atoms with Gasteiger partial charge in [0.15, 0.2) is 0 Å². The predicted octanol–water partition coefficient (Wildman–Crippen LogP) is 2.32. The number of halogens is 2. The zero-order chi connectivity index (χ0) is 9.84. The van der Waals surface area contributed by atoms with Gasteiger partial charge in [0.1, 0.15) is 0 Å². The summed E-state index contributed by atoms with van der Waals surface area (Å²) >= 11 is 8.92. The highest BCUT2D eigenvalue weighted by Gasteiger charge is 2.11. The molecule has 0 aliphatic rings. The Hall–Kier alpha value is -0.960. The summed E-state index contributed by atoms with van der Waals surface area (Å²) in [5.74, 6) is 0. The van der Waals surface area contributed by atoms with E-state index in [2.05, 4.69) is 20.7 Å². The Morgan fingerprint density at radius 3 is 2.77 bits per heavy atom. The molecule has 1 rings (SSSR count). The highest BCUT2D eigenvalue weighted by molar-refractivity contribution is 9.10. The summed E-state index contributed by atoms with van der Waals surface area (Å²) in [5, 5.41) is 0.534. The van der Waals surface area contributed by atoms with Crippen molar-refractivity contribution in [2.75, 3.05) is 0 Å². The fourth-order valence-corrected chi connectivity index (χ4v) is 1.30. The molecule has 0 heterocycles. The van der Waals surface area contributed by atoms with Gasteiger partial charge >= 0.3 is 5.71 Å². The topological polar surface area (TPSA) is 53.5 Å². The van der Waals surface area contributed by atoms with Crippen molar-refractivity contribution in [1.82, 2.24) is 0 Å². The van der Waals surface area contributed by atoms with Crippen LogP contribution in [0.5, 0.6) is 0 Å². The second-order valence-corrected chi connectivity index (χ2v) is 3.49. The van der Waals surface area contributed by atoms with Crippen LogP contribution in [0, 0.1) is 0 Å². The third-order valence-corrected chi connectivity index (χ3v) is 2.65. The fourth-order valence-electron chi connectivity index (χ4n) is 0.805. The Balaban J connectivity index is 3.25. The van der Waals surface area contributed by atoms with Crippen molar-refractivity contribution in [3.8, 4) is 0 Å². The molecule has 0 saturated heterocycles. The Morgan fingerprint density at radius 1 is 1.62 bits per heavy atom. The summed E-state index contributed by atoms with van der Waals surface area (Å²) in [6.45, 7) is 0. The second-order valence-electron chi connectivity index (χ2n) is 2.23. The standard InChI is InChI=1S/C8H4BrClN2O/c9-6-3-5(1-2-7(6)10)8(4-13)12-11/h1-4H. The van der Waals surface area contributed by atoms with Gasteiger partial charge in [-0.2, -0.15) is 4.79 Å². The summed E-state index contributed by atoms with van der Waals surface area (Å²) in [4.78, 5) is 13.2. The van der Waals surface area contributed by atoms with Crippen LogP contribution in [0.4, 0.5) is 0 Å². The van der Waals surface area contributed by atoms with Gasteiger partial charge in [-0.05, 0) is 34.1 Å². The molecule has 13 heavy (non-hydrogen) atoms. The van der Waals surface area contributed by atoms with Crippen molar-refractivity contribution in [2.45, 2.75) is 0 Å². The maximum Gasteiger partial charge on any atom is 0.361 e. The molecule has 0 amide bonds. The molecule has 0 N–H and O–H groups in total. The molecule has 0 unspecified atom stereocenters. The summed E-state index contributed by atoms with van der Waals surface area (Å²) < 4.78 is 0.648. The lowest BCUT2D eigenvalue weighted by atomic mass is 10.1. The molecule has 0 aromatic heterocycles. The first-order valence-electron chi connectivity index (χ1n) is 3.31. The van der Waals surface area contributed by atoms with Gasteiger partial charge in [-0.15, -0.1) is 0 Å². The van der Waals surface area contributed by atoms with Crippen LogP contribution in [0.2, 0.25) is 5.02 Å². The second kappa shape index (κ2) is 4.33. The van der Waals surface area contributed by atoms with Crippen molar-refractivity contribution in [3.05, 3.63) is 38.8 Å². The Kier molecular flexibility index (Phi) is 3.37. The quantitative estimate of drug-likeness (QED) is 0.348. The normalized spacial score (nSPS) is 9.08. The molecule has 0 aliphatic carbocycles. The van der Waals surface area contributed by atoms with E-state index in [9.17, 15) is 4.79 Å². The number of carbonyl (C=O) groups is 1. The summed E-state index contributed by atoms with van der Waals surface area (Å²) in [7, 11) is 0. The molecule has 1 aromatic rings. The maximum atomic E-state index is 10.4. The molecular formula is C8H4BrClN2O. The van der Waals surface area contributed by atoms with E-state index in [4.69, 9.17) is 17.1 Å². The van der Waals surface area contributed by atoms with Gasteiger partial charge in [-0.1, -0.05) is 11.6 Å². The minimum Gasteiger partial charge on any atom is -0.361 e. The summed E-state index contributed by atoms with van der Waals surface area (Å²) in [6, 6.07) is 4.80. The average molecular weight is 259 g/mol. The number of hydrogen-bond acceptors (Lipinski definition) is 1. The van der Waals surface area contributed by atoms with E-state index in [1.165, 1.54) is 0 Å². The van der Waals surface area contributed by atoms with Crippen LogP contribution in [0.15, 0.2) is 22.7 Å². The molecule has 0 aliphatic heterocycles. The van der Waals surface area contributed by atoms with E-state index < -0.39 is 0 Å². The van der Waals surface area contributed by atoms with E-state index in [0.717, 1.165) is 0 Å². The van der Waals surface area contributed by atoms with Gasteiger partial charge in [0, 0.05) is 4.47 Å². The first-order valence-corrected chi connectivity index (χ1v) is 4.48. The molecular weight excluding hydrogens is 255 g/mol. The van der Waals surface area contributed by atoms with Crippen molar-refractivity contribution in [3.63, 3.8) is 0 Å². The van der Waals surface area contributed by atoms with Crippen LogP contribution < -0.4 is 0 Å². The number of aldehydes is 1. The average Bonchev–Trinajstić information content (AvgIpc) is 2.13. The van der Waals surface area contributed by atoms with Crippen LogP contribution in [-0.4, -0.2) is 16.8 Å². The lowest BCUT2D eigenvalue weighted by molar-refractivity contribution is -0.106. The van der Waals surface area contributed by atoms with Crippen LogP contribution in [-0.2, 0) is 4.79 Å². The van der Waals surface area contributed by atoms with E-state index in [0.29, 0.717) is 21.3 Å². The third-order valence-electron chi connectivity index (χ3n) is 1.43. The molecule has 0 saturated carbocycles. The lowest BCUT2D eigenvalue weighted by Gasteiger charge is -1.95. The zero-order valence-electron chi connectivity index (χ0n) is 6.37.